The van der Waals surface area contributed by atoms with Gasteiger partial charge in [0.05, 0.1) is 11.3 Å². The summed E-state index contributed by atoms with van der Waals surface area (Å²) in [4.78, 5) is 2.34. The molecule has 0 aromatic heterocycles. The SMILES string of the molecule is CC1(C)CCCN1c1ccc(CCl)cc1C#N. The van der Waals surface area contributed by atoms with Crippen molar-refractivity contribution in [1.29, 1.82) is 5.26 Å². The average Bonchev–Trinajstić information content (AvgIpc) is 2.68. The van der Waals surface area contributed by atoms with Crippen LogP contribution < -0.4 is 4.90 Å². The number of nitrogens with zero attached hydrogens (tertiary/aromatic N) is 2. The summed E-state index contributed by atoms with van der Waals surface area (Å²) in [6, 6.07) is 8.23. The third-order valence-corrected chi connectivity index (χ3v) is 3.84. The molecule has 1 heterocycles. The van der Waals surface area contributed by atoms with Crippen molar-refractivity contribution < 1.29 is 0 Å². The molecule has 0 unspecified atom stereocenters. The van der Waals surface area contributed by atoms with Crippen LogP contribution in [-0.4, -0.2) is 12.1 Å². The lowest BCUT2D eigenvalue weighted by Gasteiger charge is -2.34. The Bertz CT molecular complexity index is 460. The van der Waals surface area contributed by atoms with Crippen LogP contribution in [0.1, 0.15) is 37.8 Å². The molecule has 0 N–H and O–H groups in total. The number of benzene rings is 1. The van der Waals surface area contributed by atoms with E-state index in [2.05, 4.69) is 24.8 Å². The van der Waals surface area contributed by atoms with Crippen LogP contribution in [0.3, 0.4) is 0 Å². The van der Waals surface area contributed by atoms with E-state index < -0.39 is 0 Å². The number of alkyl halides is 1. The van der Waals surface area contributed by atoms with E-state index in [1.165, 1.54) is 12.8 Å². The van der Waals surface area contributed by atoms with Gasteiger partial charge in [0, 0.05) is 18.0 Å². The Morgan fingerprint density at radius 3 is 2.76 bits per heavy atom. The van der Waals surface area contributed by atoms with Crippen LogP contribution >= 0.6 is 11.6 Å². The normalized spacial score (nSPS) is 18.1. The Kier molecular flexibility index (Phi) is 3.31. The van der Waals surface area contributed by atoms with Gasteiger partial charge in [-0.05, 0) is 44.4 Å². The first-order valence-corrected chi connectivity index (χ1v) is 6.48. The highest BCUT2D eigenvalue weighted by Crippen LogP contribution is 2.35. The zero-order chi connectivity index (χ0) is 12.5. The monoisotopic (exact) mass is 248 g/mol. The van der Waals surface area contributed by atoms with Gasteiger partial charge in [0.2, 0.25) is 0 Å². The first kappa shape index (κ1) is 12.3. The summed E-state index contributed by atoms with van der Waals surface area (Å²) in [5, 5.41) is 9.25. The topological polar surface area (TPSA) is 27.0 Å². The second-order valence-electron chi connectivity index (χ2n) is 5.16. The molecule has 0 bridgehead atoms. The molecule has 1 aromatic carbocycles. The maximum absolute atomic E-state index is 9.25. The highest BCUT2D eigenvalue weighted by atomic mass is 35.5. The fraction of sp³-hybridized carbons (Fsp3) is 0.500. The lowest BCUT2D eigenvalue weighted by molar-refractivity contribution is 0.517. The molecule has 1 aliphatic rings. The molecule has 1 fully saturated rings. The van der Waals surface area contributed by atoms with Gasteiger partial charge in [0.15, 0.2) is 0 Å². The van der Waals surface area contributed by atoms with E-state index in [1.807, 2.05) is 18.2 Å². The quantitative estimate of drug-likeness (QED) is 0.747. The van der Waals surface area contributed by atoms with E-state index in [-0.39, 0.29) is 5.54 Å². The van der Waals surface area contributed by atoms with Crippen molar-refractivity contribution in [3.8, 4) is 6.07 Å². The Morgan fingerprint density at radius 2 is 2.24 bits per heavy atom. The van der Waals surface area contributed by atoms with Crippen LogP contribution in [0.15, 0.2) is 18.2 Å². The summed E-state index contributed by atoms with van der Waals surface area (Å²) in [6.07, 6.45) is 2.37. The lowest BCUT2D eigenvalue weighted by atomic mass is 10.00. The van der Waals surface area contributed by atoms with Crippen LogP contribution in [0.2, 0.25) is 0 Å². The van der Waals surface area contributed by atoms with Crippen molar-refractivity contribution in [2.24, 2.45) is 0 Å². The predicted molar refractivity (Wildman–Crippen MR) is 71.4 cm³/mol. The Morgan fingerprint density at radius 1 is 1.47 bits per heavy atom. The van der Waals surface area contributed by atoms with Gasteiger partial charge in [0.1, 0.15) is 6.07 Å². The van der Waals surface area contributed by atoms with Crippen LogP contribution in [0.4, 0.5) is 5.69 Å². The van der Waals surface area contributed by atoms with Crippen molar-refractivity contribution in [3.63, 3.8) is 0 Å². The lowest BCUT2D eigenvalue weighted by Crippen LogP contribution is -2.38. The molecule has 0 spiro atoms. The van der Waals surface area contributed by atoms with Gasteiger partial charge in [-0.2, -0.15) is 5.26 Å². The van der Waals surface area contributed by atoms with Crippen LogP contribution in [-0.2, 0) is 5.88 Å². The molecule has 0 saturated carbocycles. The van der Waals surface area contributed by atoms with E-state index in [0.29, 0.717) is 5.88 Å². The first-order valence-electron chi connectivity index (χ1n) is 5.95. The third-order valence-electron chi connectivity index (χ3n) is 3.53. The van der Waals surface area contributed by atoms with Crippen LogP contribution in [0.5, 0.6) is 0 Å². The molecule has 1 aromatic rings. The van der Waals surface area contributed by atoms with Crippen molar-refractivity contribution in [3.05, 3.63) is 29.3 Å². The molecule has 17 heavy (non-hydrogen) atoms. The Balaban J connectivity index is 2.42. The zero-order valence-corrected chi connectivity index (χ0v) is 11.1. The van der Waals surface area contributed by atoms with Gasteiger partial charge in [-0.3, -0.25) is 0 Å². The standard InChI is InChI=1S/C14H17ClN2/c1-14(2)6-3-7-17(14)13-5-4-11(9-15)8-12(13)10-16/h4-5,8H,3,6-7,9H2,1-2H3. The summed E-state index contributed by atoms with van der Waals surface area (Å²) in [5.74, 6) is 0.457. The average molecular weight is 249 g/mol. The fourth-order valence-corrected chi connectivity index (χ4v) is 2.71. The van der Waals surface area contributed by atoms with Gasteiger partial charge in [-0.25, -0.2) is 0 Å². The largest absolute Gasteiger partial charge is 0.365 e. The second kappa shape index (κ2) is 4.58. The molecule has 2 nitrogen and oxygen atoms in total. The fourth-order valence-electron chi connectivity index (χ4n) is 2.55. The highest BCUT2D eigenvalue weighted by molar-refractivity contribution is 6.17. The minimum absolute atomic E-state index is 0.147. The molecule has 3 heteroatoms. The van der Waals surface area contributed by atoms with Gasteiger partial charge in [-0.1, -0.05) is 6.07 Å². The maximum Gasteiger partial charge on any atom is 0.101 e. The molecule has 0 amide bonds. The van der Waals surface area contributed by atoms with Crippen LogP contribution in [0.25, 0.3) is 0 Å². The van der Waals surface area contributed by atoms with E-state index in [0.717, 1.165) is 23.4 Å². The van der Waals surface area contributed by atoms with Crippen LogP contribution in [0, 0.1) is 11.3 Å². The van der Waals surface area contributed by atoms with Crippen molar-refractivity contribution >= 4 is 17.3 Å². The summed E-state index contributed by atoms with van der Waals surface area (Å²) in [5.41, 5.74) is 2.93. The number of anilines is 1. The number of rotatable bonds is 2. The van der Waals surface area contributed by atoms with E-state index in [9.17, 15) is 5.26 Å². The Labute approximate surface area is 108 Å². The highest BCUT2D eigenvalue weighted by Gasteiger charge is 2.33. The second-order valence-corrected chi connectivity index (χ2v) is 5.43. The summed E-state index contributed by atoms with van der Waals surface area (Å²) in [7, 11) is 0. The molecule has 0 atom stereocenters. The van der Waals surface area contributed by atoms with Gasteiger partial charge < -0.3 is 4.90 Å². The molecule has 2 rings (SSSR count). The first-order chi connectivity index (χ1) is 8.08. The van der Waals surface area contributed by atoms with Crippen molar-refractivity contribution in [2.75, 3.05) is 11.4 Å². The molecule has 1 aliphatic heterocycles. The molecule has 0 radical (unpaired) electrons. The maximum atomic E-state index is 9.25. The minimum Gasteiger partial charge on any atom is -0.365 e. The van der Waals surface area contributed by atoms with Crippen molar-refractivity contribution in [1.82, 2.24) is 0 Å². The zero-order valence-electron chi connectivity index (χ0n) is 10.3. The summed E-state index contributed by atoms with van der Waals surface area (Å²) < 4.78 is 0. The number of halogens is 1. The Hall–Kier alpha value is -1.20. The minimum atomic E-state index is 0.147. The summed E-state index contributed by atoms with van der Waals surface area (Å²) >= 11 is 5.80. The van der Waals surface area contributed by atoms with Gasteiger partial charge >= 0.3 is 0 Å². The van der Waals surface area contributed by atoms with E-state index in [1.54, 1.807) is 0 Å². The van der Waals surface area contributed by atoms with Crippen molar-refractivity contribution in [2.45, 2.75) is 38.1 Å². The third kappa shape index (κ3) is 2.25. The molecule has 1 saturated heterocycles. The van der Waals surface area contributed by atoms with E-state index >= 15 is 0 Å². The summed E-state index contributed by atoms with van der Waals surface area (Å²) in [6.45, 7) is 5.50. The number of hydrogen-bond acceptors (Lipinski definition) is 2. The molecular weight excluding hydrogens is 232 g/mol. The number of hydrogen-bond donors (Lipinski definition) is 0. The predicted octanol–water partition coefficient (Wildman–Crippen LogP) is 3.68. The molecule has 0 aliphatic carbocycles. The molecule has 90 valence electrons. The smallest absolute Gasteiger partial charge is 0.101 e. The van der Waals surface area contributed by atoms with E-state index in [4.69, 9.17) is 11.6 Å². The van der Waals surface area contributed by atoms with Gasteiger partial charge in [-0.15, -0.1) is 11.6 Å². The van der Waals surface area contributed by atoms with Gasteiger partial charge in [0.25, 0.3) is 0 Å². The molecular formula is C14H17ClN2. The number of nitriles is 1.